The molecule has 3 rings (SSSR count). The van der Waals surface area contributed by atoms with Gasteiger partial charge in [-0.1, -0.05) is 0 Å². The molecule has 2 heterocycles. The summed E-state index contributed by atoms with van der Waals surface area (Å²) in [7, 11) is 0. The van der Waals surface area contributed by atoms with Crippen LogP contribution in [0, 0.1) is 12.7 Å². The van der Waals surface area contributed by atoms with Crippen LogP contribution in [0.2, 0.25) is 0 Å². The maximum absolute atomic E-state index is 13.6. The van der Waals surface area contributed by atoms with Gasteiger partial charge in [-0.25, -0.2) is 9.37 Å². The monoisotopic (exact) mass is 439 g/mol. The molecule has 0 aliphatic carbocycles. The van der Waals surface area contributed by atoms with Crippen LogP contribution < -0.4 is 11.1 Å². The minimum Gasteiger partial charge on any atom is -0.366 e. The van der Waals surface area contributed by atoms with Gasteiger partial charge < -0.3 is 11.1 Å². The van der Waals surface area contributed by atoms with E-state index in [1.165, 1.54) is 6.07 Å². The van der Waals surface area contributed by atoms with Crippen molar-refractivity contribution < 1.29 is 27.2 Å². The highest BCUT2D eigenvalue weighted by Crippen LogP contribution is 2.27. The molecule has 0 fully saturated rings. The summed E-state index contributed by atoms with van der Waals surface area (Å²) in [5.74, 6) is -2.40. The van der Waals surface area contributed by atoms with Gasteiger partial charge in [0.05, 0.1) is 28.7 Å². The fourth-order valence-electron chi connectivity index (χ4n) is 2.57. The summed E-state index contributed by atoms with van der Waals surface area (Å²) in [5.41, 5.74) is 4.55. The van der Waals surface area contributed by atoms with Crippen molar-refractivity contribution in [1.82, 2.24) is 14.3 Å². The second kappa shape index (κ2) is 8.14. The number of hydrogen-bond acceptors (Lipinski definition) is 6. The summed E-state index contributed by atoms with van der Waals surface area (Å²) >= 11 is 0.995. The number of alkyl halides is 3. The first-order chi connectivity index (χ1) is 14.1. The third-order valence-corrected chi connectivity index (χ3v) is 4.92. The van der Waals surface area contributed by atoms with Crippen molar-refractivity contribution in [3.05, 3.63) is 69.5 Å². The number of halogens is 4. The van der Waals surface area contributed by atoms with Gasteiger partial charge in [0.2, 0.25) is 0 Å². The lowest BCUT2D eigenvalue weighted by atomic mass is 10.1. The highest BCUT2D eigenvalue weighted by molar-refractivity contribution is 7.06. The third kappa shape index (κ3) is 4.59. The lowest BCUT2D eigenvalue weighted by Crippen LogP contribution is -2.17. The van der Waals surface area contributed by atoms with Crippen molar-refractivity contribution in [1.29, 1.82) is 0 Å². The normalized spacial score (nSPS) is 11.4. The second-order valence-corrected chi connectivity index (χ2v) is 7.00. The Hall–Kier alpha value is -3.41. The van der Waals surface area contributed by atoms with E-state index in [4.69, 9.17) is 5.73 Å². The number of nitrogens with two attached hydrogens (primary N) is 1. The summed E-state index contributed by atoms with van der Waals surface area (Å²) in [4.78, 5) is 31.5. The molecule has 2 amide bonds. The maximum atomic E-state index is 13.6. The number of aryl methyl sites for hydroxylation is 1. The molecular formula is C18H13F4N5O2S. The molecular weight excluding hydrogens is 426 g/mol. The van der Waals surface area contributed by atoms with Crippen molar-refractivity contribution in [3.8, 4) is 0 Å². The average molecular weight is 439 g/mol. The van der Waals surface area contributed by atoms with E-state index in [0.717, 1.165) is 29.9 Å². The molecule has 0 atom stereocenters. The molecule has 0 spiro atoms. The molecule has 0 aliphatic heterocycles. The standard InChI is InChI=1S/C18H13F4N5O2S/c1-8-15(17(29)26-9-2-3-12(19)11(4-9)16(23)28)13(30-27-8)5-10-6-25-14(7-24-10)18(20,21)22/h2-4,6-7H,5H2,1H3,(H2,23,28)(H,26,29). The number of primary amides is 1. The molecule has 12 heteroatoms. The molecule has 0 saturated carbocycles. The van der Waals surface area contributed by atoms with Crippen LogP contribution in [0.3, 0.4) is 0 Å². The Bertz CT molecular complexity index is 1110. The van der Waals surface area contributed by atoms with E-state index in [2.05, 4.69) is 19.7 Å². The number of anilines is 1. The van der Waals surface area contributed by atoms with Crippen LogP contribution in [0.5, 0.6) is 0 Å². The van der Waals surface area contributed by atoms with E-state index in [1.54, 1.807) is 6.92 Å². The number of amides is 2. The Morgan fingerprint density at radius 3 is 2.53 bits per heavy atom. The highest BCUT2D eigenvalue weighted by Gasteiger charge is 2.32. The second-order valence-electron chi connectivity index (χ2n) is 6.15. The molecule has 156 valence electrons. The Balaban J connectivity index is 1.83. The van der Waals surface area contributed by atoms with Gasteiger partial charge in [-0.15, -0.1) is 0 Å². The first kappa shape index (κ1) is 21.3. The fraction of sp³-hybridized carbons (Fsp3) is 0.167. The quantitative estimate of drug-likeness (QED) is 0.593. The van der Waals surface area contributed by atoms with E-state index >= 15 is 0 Å². The molecule has 0 bridgehead atoms. The minimum atomic E-state index is -4.60. The van der Waals surface area contributed by atoms with Crippen molar-refractivity contribution >= 4 is 29.0 Å². The van der Waals surface area contributed by atoms with Crippen LogP contribution in [-0.2, 0) is 12.6 Å². The third-order valence-electron chi connectivity index (χ3n) is 3.99. The van der Waals surface area contributed by atoms with Gasteiger partial charge in [0.25, 0.3) is 11.8 Å². The molecule has 7 nitrogen and oxygen atoms in total. The SMILES string of the molecule is Cc1nsc(Cc2cnc(C(F)(F)F)cn2)c1C(=O)Nc1ccc(F)c(C(N)=O)c1. The number of carbonyl (C=O) groups excluding carboxylic acids is 2. The van der Waals surface area contributed by atoms with Crippen molar-refractivity contribution in [2.45, 2.75) is 19.5 Å². The zero-order chi connectivity index (χ0) is 22.1. The van der Waals surface area contributed by atoms with Gasteiger partial charge in [-0.2, -0.15) is 17.5 Å². The zero-order valence-corrected chi connectivity index (χ0v) is 16.1. The molecule has 0 unspecified atom stereocenters. The molecule has 3 N–H and O–H groups in total. The molecule has 3 aromatic rings. The fourth-order valence-corrected chi connectivity index (χ4v) is 3.45. The minimum absolute atomic E-state index is 0.0371. The summed E-state index contributed by atoms with van der Waals surface area (Å²) in [6, 6.07) is 3.36. The highest BCUT2D eigenvalue weighted by atomic mass is 32.1. The van der Waals surface area contributed by atoms with E-state index in [1.807, 2.05) is 0 Å². The molecule has 0 saturated heterocycles. The Kier molecular flexibility index (Phi) is 5.78. The van der Waals surface area contributed by atoms with E-state index in [-0.39, 0.29) is 28.9 Å². The Morgan fingerprint density at radius 2 is 1.93 bits per heavy atom. The van der Waals surface area contributed by atoms with Crippen LogP contribution in [-0.4, -0.2) is 26.2 Å². The van der Waals surface area contributed by atoms with Crippen molar-refractivity contribution in [2.75, 3.05) is 5.32 Å². The summed E-state index contributed by atoms with van der Waals surface area (Å²) in [6.45, 7) is 1.59. The number of nitrogens with zero attached hydrogens (tertiary/aromatic N) is 3. The van der Waals surface area contributed by atoms with E-state index < -0.39 is 29.5 Å². The van der Waals surface area contributed by atoms with E-state index in [0.29, 0.717) is 16.8 Å². The zero-order valence-electron chi connectivity index (χ0n) is 15.2. The van der Waals surface area contributed by atoms with Gasteiger partial charge in [-0.3, -0.25) is 14.6 Å². The lowest BCUT2D eigenvalue weighted by molar-refractivity contribution is -0.141. The molecule has 0 aliphatic rings. The smallest absolute Gasteiger partial charge is 0.366 e. The topological polar surface area (TPSA) is 111 Å². The van der Waals surface area contributed by atoms with Gasteiger partial charge in [0.1, 0.15) is 5.82 Å². The average Bonchev–Trinajstić information content (AvgIpc) is 3.03. The number of carbonyl (C=O) groups is 2. The predicted molar refractivity (Wildman–Crippen MR) is 99.6 cm³/mol. The van der Waals surface area contributed by atoms with Crippen LogP contribution in [0.4, 0.5) is 23.2 Å². The number of aromatic nitrogens is 3. The Labute approximate surface area is 171 Å². The Morgan fingerprint density at radius 1 is 1.20 bits per heavy atom. The van der Waals surface area contributed by atoms with Gasteiger partial charge in [-0.05, 0) is 36.7 Å². The van der Waals surface area contributed by atoms with Crippen LogP contribution >= 0.6 is 11.5 Å². The number of benzene rings is 1. The largest absolute Gasteiger partial charge is 0.434 e. The first-order valence-electron chi connectivity index (χ1n) is 8.30. The number of rotatable bonds is 5. The molecule has 1 aromatic carbocycles. The van der Waals surface area contributed by atoms with Crippen molar-refractivity contribution in [2.24, 2.45) is 5.73 Å². The summed E-state index contributed by atoms with van der Waals surface area (Å²) < 4.78 is 55.6. The first-order valence-corrected chi connectivity index (χ1v) is 9.07. The summed E-state index contributed by atoms with van der Waals surface area (Å²) in [6.07, 6.45) is -2.96. The predicted octanol–water partition coefficient (Wildman–Crippen LogP) is 3.34. The lowest BCUT2D eigenvalue weighted by Gasteiger charge is -2.09. The number of hydrogen-bond donors (Lipinski definition) is 2. The van der Waals surface area contributed by atoms with Gasteiger partial charge >= 0.3 is 6.18 Å². The van der Waals surface area contributed by atoms with Crippen LogP contribution in [0.25, 0.3) is 0 Å². The van der Waals surface area contributed by atoms with Crippen LogP contribution in [0.1, 0.15) is 42.7 Å². The molecule has 2 aromatic heterocycles. The maximum Gasteiger partial charge on any atom is 0.434 e. The number of nitrogens with one attached hydrogen (secondary N) is 1. The molecule has 0 radical (unpaired) electrons. The molecule has 30 heavy (non-hydrogen) atoms. The van der Waals surface area contributed by atoms with E-state index in [9.17, 15) is 27.2 Å². The summed E-state index contributed by atoms with van der Waals surface area (Å²) in [5, 5.41) is 2.53. The van der Waals surface area contributed by atoms with Crippen LogP contribution in [0.15, 0.2) is 30.6 Å². The van der Waals surface area contributed by atoms with Gasteiger partial charge in [0, 0.05) is 23.2 Å². The van der Waals surface area contributed by atoms with Crippen molar-refractivity contribution in [3.63, 3.8) is 0 Å². The van der Waals surface area contributed by atoms with Gasteiger partial charge in [0.15, 0.2) is 5.69 Å².